The van der Waals surface area contributed by atoms with E-state index in [1.807, 2.05) is 19.9 Å². The van der Waals surface area contributed by atoms with Gasteiger partial charge in [-0.2, -0.15) is 0 Å². The van der Waals surface area contributed by atoms with E-state index in [0.717, 1.165) is 30.9 Å². The molecule has 3 N–H and O–H groups in total. The van der Waals surface area contributed by atoms with Crippen molar-refractivity contribution in [3.63, 3.8) is 0 Å². The number of hydrogen-bond donors (Lipinski definition) is 2. The maximum Gasteiger partial charge on any atom is 0.174 e. The number of anilines is 2. The molecule has 106 valence electrons. The van der Waals surface area contributed by atoms with Gasteiger partial charge in [-0.15, -0.1) is 11.3 Å². The van der Waals surface area contributed by atoms with Crippen LogP contribution >= 0.6 is 11.3 Å². The maximum absolute atomic E-state index is 11.8. The van der Waals surface area contributed by atoms with Gasteiger partial charge in [-0.05, 0) is 31.7 Å². The fourth-order valence-corrected chi connectivity index (χ4v) is 3.67. The first-order chi connectivity index (χ1) is 9.02. The van der Waals surface area contributed by atoms with Crippen LogP contribution in [-0.2, 0) is 0 Å². The summed E-state index contributed by atoms with van der Waals surface area (Å²) in [6.45, 7) is 5.57. The van der Waals surface area contributed by atoms with Crippen molar-refractivity contribution in [2.75, 3.05) is 23.7 Å². The van der Waals surface area contributed by atoms with Gasteiger partial charge in [0.25, 0.3) is 0 Å². The van der Waals surface area contributed by atoms with Crippen molar-refractivity contribution in [1.29, 1.82) is 0 Å². The highest BCUT2D eigenvalue weighted by atomic mass is 32.1. The first-order valence-electron chi connectivity index (χ1n) is 6.88. The second-order valence-electron chi connectivity index (χ2n) is 5.21. The van der Waals surface area contributed by atoms with Crippen LogP contribution in [0.1, 0.15) is 42.8 Å². The molecule has 1 aromatic rings. The summed E-state index contributed by atoms with van der Waals surface area (Å²) >= 11 is 1.50. The summed E-state index contributed by atoms with van der Waals surface area (Å²) in [5.74, 6) is 0.512. The van der Waals surface area contributed by atoms with Crippen LogP contribution in [0.3, 0.4) is 0 Å². The molecule has 0 bridgehead atoms. The van der Waals surface area contributed by atoms with Gasteiger partial charge >= 0.3 is 0 Å². The number of aliphatic hydroxyl groups excluding tert-OH is 1. The molecule has 0 saturated carbocycles. The Labute approximate surface area is 118 Å². The van der Waals surface area contributed by atoms with E-state index in [-0.39, 0.29) is 11.9 Å². The number of nitrogens with two attached hydrogens (primary N) is 1. The number of nitrogens with zero attached hydrogens (tertiary/aromatic N) is 1. The van der Waals surface area contributed by atoms with E-state index >= 15 is 0 Å². The van der Waals surface area contributed by atoms with Crippen molar-refractivity contribution < 1.29 is 9.90 Å². The van der Waals surface area contributed by atoms with Crippen LogP contribution in [0.15, 0.2) is 6.07 Å². The lowest BCUT2D eigenvalue weighted by atomic mass is 9.92. The minimum Gasteiger partial charge on any atom is -0.397 e. The summed E-state index contributed by atoms with van der Waals surface area (Å²) in [5.41, 5.74) is 6.52. The lowest BCUT2D eigenvalue weighted by Gasteiger charge is -2.33. The first kappa shape index (κ1) is 14.3. The Morgan fingerprint density at radius 2 is 2.21 bits per heavy atom. The summed E-state index contributed by atoms with van der Waals surface area (Å²) in [5, 5.41) is 10.7. The van der Waals surface area contributed by atoms with Gasteiger partial charge in [-0.25, -0.2) is 0 Å². The summed E-state index contributed by atoms with van der Waals surface area (Å²) in [7, 11) is 0. The van der Waals surface area contributed by atoms with Gasteiger partial charge in [0.05, 0.1) is 21.7 Å². The predicted octanol–water partition coefficient (Wildman–Crippen LogP) is 2.52. The molecule has 5 heteroatoms. The number of Topliss-reactive ketones (excluding diaryl/α,β-unsaturated/α-hetero) is 1. The molecule has 0 radical (unpaired) electrons. The molecule has 0 amide bonds. The molecule has 0 aliphatic carbocycles. The van der Waals surface area contributed by atoms with Gasteiger partial charge in [0.2, 0.25) is 0 Å². The summed E-state index contributed by atoms with van der Waals surface area (Å²) < 4.78 is 0. The Balaban J connectivity index is 2.06. The number of thiophene rings is 1. The first-order valence-corrected chi connectivity index (χ1v) is 7.70. The largest absolute Gasteiger partial charge is 0.397 e. The third kappa shape index (κ3) is 3.09. The number of nitrogen functional groups attached to an aromatic ring is 1. The minimum atomic E-state index is -0.229. The molecule has 1 aromatic heterocycles. The van der Waals surface area contributed by atoms with E-state index in [1.54, 1.807) is 0 Å². The van der Waals surface area contributed by atoms with Crippen molar-refractivity contribution in [2.24, 2.45) is 5.92 Å². The smallest absolute Gasteiger partial charge is 0.174 e. The zero-order valence-electron chi connectivity index (χ0n) is 11.6. The lowest BCUT2D eigenvalue weighted by molar-refractivity contribution is 0.0992. The molecule has 1 fully saturated rings. The lowest BCUT2D eigenvalue weighted by Crippen LogP contribution is -2.36. The predicted molar refractivity (Wildman–Crippen MR) is 80.0 cm³/mol. The Kier molecular flexibility index (Phi) is 4.47. The minimum absolute atomic E-state index is 0.118. The highest BCUT2D eigenvalue weighted by Crippen LogP contribution is 2.35. The van der Waals surface area contributed by atoms with Gasteiger partial charge in [0.1, 0.15) is 0 Å². The molecule has 0 aromatic carbocycles. The molecule has 2 rings (SSSR count). The molecular weight excluding hydrogens is 260 g/mol. The van der Waals surface area contributed by atoms with E-state index in [1.165, 1.54) is 11.3 Å². The van der Waals surface area contributed by atoms with Crippen LogP contribution in [0, 0.1) is 5.92 Å². The fourth-order valence-electron chi connectivity index (χ4n) is 2.53. The van der Waals surface area contributed by atoms with E-state index in [0.29, 0.717) is 22.9 Å². The second kappa shape index (κ2) is 5.92. The van der Waals surface area contributed by atoms with Crippen molar-refractivity contribution in [2.45, 2.75) is 39.2 Å². The quantitative estimate of drug-likeness (QED) is 0.833. The summed E-state index contributed by atoms with van der Waals surface area (Å²) in [4.78, 5) is 14.7. The van der Waals surface area contributed by atoms with Crippen LogP contribution in [0.5, 0.6) is 0 Å². The van der Waals surface area contributed by atoms with Crippen LogP contribution in [0.25, 0.3) is 0 Å². The van der Waals surface area contributed by atoms with Gasteiger partial charge in [-0.3, -0.25) is 4.79 Å². The maximum atomic E-state index is 11.8. The van der Waals surface area contributed by atoms with E-state index < -0.39 is 0 Å². The van der Waals surface area contributed by atoms with Crippen LogP contribution < -0.4 is 10.6 Å². The second-order valence-corrected chi connectivity index (χ2v) is 6.24. The van der Waals surface area contributed by atoms with Crippen molar-refractivity contribution >= 4 is 27.8 Å². The third-order valence-electron chi connectivity index (χ3n) is 3.86. The normalized spacial score (nSPS) is 18.6. The van der Waals surface area contributed by atoms with Gasteiger partial charge in [0.15, 0.2) is 5.78 Å². The van der Waals surface area contributed by atoms with Crippen molar-refractivity contribution in [1.82, 2.24) is 0 Å². The standard InChI is InChI=1S/C14H22N2O2S/c1-3-12(18)14-11(15)8-13(19-14)16-6-4-10(5-7-16)9(2)17/h8-10,17H,3-7,15H2,1-2H3. The van der Waals surface area contributed by atoms with E-state index in [4.69, 9.17) is 5.73 Å². The molecule has 0 spiro atoms. The highest BCUT2D eigenvalue weighted by molar-refractivity contribution is 7.18. The number of ketones is 1. The zero-order chi connectivity index (χ0) is 14.0. The molecule has 19 heavy (non-hydrogen) atoms. The Hall–Kier alpha value is -1.07. The van der Waals surface area contributed by atoms with Gasteiger partial charge in [0, 0.05) is 19.5 Å². The number of hydrogen-bond acceptors (Lipinski definition) is 5. The molecule has 2 heterocycles. The number of aliphatic hydroxyl groups is 1. The van der Waals surface area contributed by atoms with E-state index in [9.17, 15) is 9.90 Å². The highest BCUT2D eigenvalue weighted by Gasteiger charge is 2.24. The van der Waals surface area contributed by atoms with Crippen LogP contribution in [0.4, 0.5) is 10.7 Å². The average Bonchev–Trinajstić information content (AvgIpc) is 2.80. The molecule has 1 aliphatic heterocycles. The molecule has 1 atom stereocenters. The number of carbonyl (C=O) groups excluding carboxylic acids is 1. The van der Waals surface area contributed by atoms with Gasteiger partial charge in [-0.1, -0.05) is 6.92 Å². The Morgan fingerprint density at radius 3 is 2.74 bits per heavy atom. The zero-order valence-corrected chi connectivity index (χ0v) is 12.4. The van der Waals surface area contributed by atoms with Crippen molar-refractivity contribution in [3.05, 3.63) is 10.9 Å². The molecule has 1 unspecified atom stereocenters. The SMILES string of the molecule is CCC(=O)c1sc(N2CCC(C(C)O)CC2)cc1N. The van der Waals surface area contributed by atoms with E-state index in [2.05, 4.69) is 4.90 Å². The molecule has 1 aliphatic rings. The summed E-state index contributed by atoms with van der Waals surface area (Å²) in [6.07, 6.45) is 2.25. The molecular formula is C14H22N2O2S. The Bertz CT molecular complexity index is 448. The van der Waals surface area contributed by atoms with Crippen LogP contribution in [0.2, 0.25) is 0 Å². The fraction of sp³-hybridized carbons (Fsp3) is 0.643. The van der Waals surface area contributed by atoms with Crippen LogP contribution in [-0.4, -0.2) is 30.1 Å². The summed E-state index contributed by atoms with van der Waals surface area (Å²) in [6, 6.07) is 1.91. The molecule has 4 nitrogen and oxygen atoms in total. The number of rotatable bonds is 4. The molecule has 1 saturated heterocycles. The topological polar surface area (TPSA) is 66.6 Å². The average molecular weight is 282 g/mol. The monoisotopic (exact) mass is 282 g/mol. The van der Waals surface area contributed by atoms with Crippen molar-refractivity contribution in [3.8, 4) is 0 Å². The Morgan fingerprint density at radius 1 is 1.58 bits per heavy atom. The number of carbonyl (C=O) groups is 1. The van der Waals surface area contributed by atoms with Gasteiger partial charge < -0.3 is 15.7 Å². The number of piperidine rings is 1. The third-order valence-corrected chi connectivity index (χ3v) is 5.11.